The molecule has 0 bridgehead atoms. The first-order valence-corrected chi connectivity index (χ1v) is 6.64. The van der Waals surface area contributed by atoms with Crippen LogP contribution in [0.3, 0.4) is 0 Å². The Bertz CT molecular complexity index is 135. The molecule has 1 heteroatoms. The van der Waals surface area contributed by atoms with E-state index >= 15 is 0 Å². The van der Waals surface area contributed by atoms with Gasteiger partial charge >= 0.3 is 0 Å². The third-order valence-corrected chi connectivity index (χ3v) is 2.86. The average Bonchev–Trinajstić information content (AvgIpc) is 2.10. The zero-order valence-corrected chi connectivity index (χ0v) is 11.2. The fourth-order valence-electron chi connectivity index (χ4n) is 1.82. The van der Waals surface area contributed by atoms with E-state index in [-0.39, 0.29) is 6.10 Å². The minimum atomic E-state index is -0.0517. The van der Waals surface area contributed by atoms with E-state index in [2.05, 4.69) is 27.7 Å². The highest BCUT2D eigenvalue weighted by Gasteiger charge is 2.11. The first-order chi connectivity index (χ1) is 6.95. The van der Waals surface area contributed by atoms with E-state index in [9.17, 15) is 5.11 Å². The molecule has 0 saturated carbocycles. The van der Waals surface area contributed by atoms with Gasteiger partial charge in [0.25, 0.3) is 0 Å². The van der Waals surface area contributed by atoms with Crippen molar-refractivity contribution in [1.82, 2.24) is 0 Å². The molecule has 0 amide bonds. The molecule has 0 radical (unpaired) electrons. The zero-order chi connectivity index (χ0) is 11.7. The van der Waals surface area contributed by atoms with Crippen LogP contribution in [0, 0.1) is 5.41 Å². The van der Waals surface area contributed by atoms with Crippen molar-refractivity contribution in [2.75, 3.05) is 0 Å². The molecule has 0 aromatic carbocycles. The van der Waals surface area contributed by atoms with Gasteiger partial charge < -0.3 is 5.11 Å². The second kappa shape index (κ2) is 8.15. The Hall–Kier alpha value is -0.0400. The second-order valence-electron chi connectivity index (χ2n) is 5.96. The van der Waals surface area contributed by atoms with Gasteiger partial charge in [-0.25, -0.2) is 0 Å². The number of rotatable bonds is 8. The fraction of sp³-hybridized carbons (Fsp3) is 1.00. The van der Waals surface area contributed by atoms with Gasteiger partial charge in [-0.05, 0) is 24.7 Å². The second-order valence-corrected chi connectivity index (χ2v) is 5.96. The molecule has 92 valence electrons. The lowest BCUT2D eigenvalue weighted by Crippen LogP contribution is -2.10. The molecule has 0 aliphatic carbocycles. The Balaban J connectivity index is 3.29. The van der Waals surface area contributed by atoms with E-state index in [1.165, 1.54) is 38.5 Å². The van der Waals surface area contributed by atoms with Gasteiger partial charge in [0.05, 0.1) is 6.10 Å². The van der Waals surface area contributed by atoms with Crippen LogP contribution in [0.1, 0.15) is 79.1 Å². The highest BCUT2D eigenvalue weighted by molar-refractivity contribution is 4.64. The van der Waals surface area contributed by atoms with Gasteiger partial charge in [0, 0.05) is 0 Å². The van der Waals surface area contributed by atoms with Crippen molar-refractivity contribution in [2.45, 2.75) is 85.2 Å². The first kappa shape index (κ1) is 15.0. The maximum atomic E-state index is 9.75. The summed E-state index contributed by atoms with van der Waals surface area (Å²) in [6.45, 7) is 9.02. The van der Waals surface area contributed by atoms with E-state index in [1.807, 2.05) is 0 Å². The van der Waals surface area contributed by atoms with Crippen molar-refractivity contribution >= 4 is 0 Å². The lowest BCUT2D eigenvalue weighted by atomic mass is 9.89. The number of hydrogen-bond acceptors (Lipinski definition) is 1. The Kier molecular flexibility index (Phi) is 8.13. The van der Waals surface area contributed by atoms with Crippen LogP contribution in [-0.2, 0) is 0 Å². The van der Waals surface area contributed by atoms with E-state index < -0.39 is 0 Å². The molecule has 0 rings (SSSR count). The lowest BCUT2D eigenvalue weighted by molar-refractivity contribution is 0.143. The third-order valence-electron chi connectivity index (χ3n) is 2.86. The van der Waals surface area contributed by atoms with Gasteiger partial charge in [-0.2, -0.15) is 0 Å². The number of hydrogen-bond donors (Lipinski definition) is 1. The minimum absolute atomic E-state index is 0.0517. The Labute approximate surface area is 96.3 Å². The molecular formula is C14H30O. The van der Waals surface area contributed by atoms with E-state index in [0.29, 0.717) is 5.41 Å². The zero-order valence-electron chi connectivity index (χ0n) is 11.2. The van der Waals surface area contributed by atoms with Crippen LogP contribution in [0.25, 0.3) is 0 Å². The van der Waals surface area contributed by atoms with Crippen LogP contribution in [0.2, 0.25) is 0 Å². The summed E-state index contributed by atoms with van der Waals surface area (Å²) in [5.74, 6) is 0. The Morgan fingerprint density at radius 1 is 0.933 bits per heavy atom. The maximum absolute atomic E-state index is 9.75. The molecule has 1 unspecified atom stereocenters. The van der Waals surface area contributed by atoms with Gasteiger partial charge in [0.1, 0.15) is 0 Å². The SMILES string of the molecule is CCCCCCC(O)CCCC(C)(C)C. The summed E-state index contributed by atoms with van der Waals surface area (Å²) in [6.07, 6.45) is 9.40. The lowest BCUT2D eigenvalue weighted by Gasteiger charge is -2.19. The fourth-order valence-corrected chi connectivity index (χ4v) is 1.82. The molecule has 0 aromatic rings. The van der Waals surface area contributed by atoms with Crippen LogP contribution in [0.15, 0.2) is 0 Å². The summed E-state index contributed by atoms with van der Waals surface area (Å²) in [6, 6.07) is 0. The molecule has 0 aliphatic rings. The molecule has 0 spiro atoms. The summed E-state index contributed by atoms with van der Waals surface area (Å²) < 4.78 is 0. The van der Waals surface area contributed by atoms with E-state index in [1.54, 1.807) is 0 Å². The summed E-state index contributed by atoms with van der Waals surface area (Å²) >= 11 is 0. The van der Waals surface area contributed by atoms with Crippen molar-refractivity contribution in [3.63, 3.8) is 0 Å². The topological polar surface area (TPSA) is 20.2 Å². The van der Waals surface area contributed by atoms with Crippen LogP contribution >= 0.6 is 0 Å². The van der Waals surface area contributed by atoms with Gasteiger partial charge in [0.2, 0.25) is 0 Å². The monoisotopic (exact) mass is 214 g/mol. The van der Waals surface area contributed by atoms with Gasteiger partial charge in [-0.3, -0.25) is 0 Å². The van der Waals surface area contributed by atoms with Crippen LogP contribution in [0.4, 0.5) is 0 Å². The van der Waals surface area contributed by atoms with Crippen molar-refractivity contribution < 1.29 is 5.11 Å². The standard InChI is InChI=1S/C14H30O/c1-5-6-7-8-10-13(15)11-9-12-14(2,3)4/h13,15H,5-12H2,1-4H3. The highest BCUT2D eigenvalue weighted by Crippen LogP contribution is 2.22. The Morgan fingerprint density at radius 3 is 2.07 bits per heavy atom. The predicted octanol–water partition coefficient (Wildman–Crippen LogP) is 4.53. The van der Waals surface area contributed by atoms with Gasteiger partial charge in [-0.15, -0.1) is 0 Å². The van der Waals surface area contributed by atoms with Crippen LogP contribution in [0.5, 0.6) is 0 Å². The van der Waals surface area contributed by atoms with E-state index in [0.717, 1.165) is 12.8 Å². The predicted molar refractivity (Wildman–Crippen MR) is 68.1 cm³/mol. The molecule has 1 N–H and O–H groups in total. The summed E-state index contributed by atoms with van der Waals surface area (Å²) in [5.41, 5.74) is 0.419. The van der Waals surface area contributed by atoms with Gasteiger partial charge in [0.15, 0.2) is 0 Å². The summed E-state index contributed by atoms with van der Waals surface area (Å²) in [7, 11) is 0. The molecule has 0 saturated heterocycles. The molecule has 0 aliphatic heterocycles. The van der Waals surface area contributed by atoms with Crippen molar-refractivity contribution in [1.29, 1.82) is 0 Å². The molecule has 1 nitrogen and oxygen atoms in total. The highest BCUT2D eigenvalue weighted by atomic mass is 16.3. The Morgan fingerprint density at radius 2 is 1.53 bits per heavy atom. The summed E-state index contributed by atoms with van der Waals surface area (Å²) in [5, 5.41) is 9.75. The van der Waals surface area contributed by atoms with Crippen molar-refractivity contribution in [2.24, 2.45) is 5.41 Å². The number of unbranched alkanes of at least 4 members (excludes halogenated alkanes) is 3. The van der Waals surface area contributed by atoms with Crippen molar-refractivity contribution in [3.8, 4) is 0 Å². The number of aliphatic hydroxyl groups excluding tert-OH is 1. The number of aliphatic hydroxyl groups is 1. The quantitative estimate of drug-likeness (QED) is 0.588. The summed E-state index contributed by atoms with van der Waals surface area (Å²) in [4.78, 5) is 0. The van der Waals surface area contributed by atoms with Crippen molar-refractivity contribution in [3.05, 3.63) is 0 Å². The largest absolute Gasteiger partial charge is 0.393 e. The molecule has 0 heterocycles. The molecule has 15 heavy (non-hydrogen) atoms. The van der Waals surface area contributed by atoms with Crippen LogP contribution in [-0.4, -0.2) is 11.2 Å². The smallest absolute Gasteiger partial charge is 0.0540 e. The third kappa shape index (κ3) is 11.9. The molecule has 0 aromatic heterocycles. The molecule has 0 fully saturated rings. The average molecular weight is 214 g/mol. The van der Waals surface area contributed by atoms with Crippen LogP contribution < -0.4 is 0 Å². The van der Waals surface area contributed by atoms with Gasteiger partial charge in [-0.1, -0.05) is 59.8 Å². The molecule has 1 atom stereocenters. The maximum Gasteiger partial charge on any atom is 0.0540 e. The minimum Gasteiger partial charge on any atom is -0.393 e. The first-order valence-electron chi connectivity index (χ1n) is 6.64. The molecular weight excluding hydrogens is 184 g/mol. The van der Waals surface area contributed by atoms with E-state index in [4.69, 9.17) is 0 Å². The normalized spacial score (nSPS) is 14.2.